The highest BCUT2D eigenvalue weighted by atomic mass is 35.5. The maximum atomic E-state index is 5.86. The van der Waals surface area contributed by atoms with E-state index in [1.807, 2.05) is 36.4 Å². The average Bonchev–Trinajstić information content (AvgIpc) is 2.48. The number of ether oxygens (including phenoxy) is 1. The van der Waals surface area contributed by atoms with Gasteiger partial charge in [0.1, 0.15) is 12.4 Å². The van der Waals surface area contributed by atoms with Crippen molar-refractivity contribution < 1.29 is 4.74 Å². The normalized spacial score (nSPS) is 12.2. The Morgan fingerprint density at radius 2 is 1.55 bits per heavy atom. The van der Waals surface area contributed by atoms with Gasteiger partial charge in [-0.1, -0.05) is 56.1 Å². The molecule has 0 heterocycles. The Morgan fingerprint density at radius 3 is 2.15 bits per heavy atom. The van der Waals surface area contributed by atoms with Gasteiger partial charge in [0.2, 0.25) is 0 Å². The van der Waals surface area contributed by atoms with E-state index in [2.05, 4.69) is 26.0 Å². The monoisotopic (exact) mass is 288 g/mol. The standard InChI is InChI=1S/C18H21ClO/c1-3-14(2)12-15-6-10-18(11-7-15)20-13-16-4-8-17(19)9-5-16/h4-11,14H,3,12-13H2,1-2H3. The van der Waals surface area contributed by atoms with Crippen LogP contribution in [0.25, 0.3) is 0 Å². The zero-order chi connectivity index (χ0) is 14.4. The summed E-state index contributed by atoms with van der Waals surface area (Å²) in [6.07, 6.45) is 2.35. The minimum Gasteiger partial charge on any atom is -0.489 e. The summed E-state index contributed by atoms with van der Waals surface area (Å²) >= 11 is 5.86. The van der Waals surface area contributed by atoms with Crippen LogP contribution in [0.4, 0.5) is 0 Å². The second kappa shape index (κ2) is 7.35. The van der Waals surface area contributed by atoms with Crippen molar-refractivity contribution in [1.29, 1.82) is 0 Å². The van der Waals surface area contributed by atoms with Gasteiger partial charge in [-0.2, -0.15) is 0 Å². The molecule has 2 heteroatoms. The molecule has 2 aromatic rings. The van der Waals surface area contributed by atoms with Gasteiger partial charge < -0.3 is 4.74 Å². The second-order valence-corrected chi connectivity index (χ2v) is 5.71. The van der Waals surface area contributed by atoms with Crippen LogP contribution in [-0.2, 0) is 13.0 Å². The predicted molar refractivity (Wildman–Crippen MR) is 85.4 cm³/mol. The van der Waals surface area contributed by atoms with E-state index in [0.29, 0.717) is 6.61 Å². The molecule has 0 amide bonds. The van der Waals surface area contributed by atoms with Crippen molar-refractivity contribution >= 4 is 11.6 Å². The van der Waals surface area contributed by atoms with E-state index in [1.165, 1.54) is 12.0 Å². The molecule has 106 valence electrons. The third-order valence-corrected chi connectivity index (χ3v) is 3.78. The van der Waals surface area contributed by atoms with E-state index in [4.69, 9.17) is 16.3 Å². The van der Waals surface area contributed by atoms with Gasteiger partial charge >= 0.3 is 0 Å². The van der Waals surface area contributed by atoms with Crippen molar-refractivity contribution in [1.82, 2.24) is 0 Å². The van der Waals surface area contributed by atoms with Gasteiger partial charge in [-0.3, -0.25) is 0 Å². The van der Waals surface area contributed by atoms with Gasteiger partial charge in [0.15, 0.2) is 0 Å². The number of halogens is 1. The zero-order valence-electron chi connectivity index (χ0n) is 12.1. The Balaban J connectivity index is 1.89. The van der Waals surface area contributed by atoms with Crippen LogP contribution in [0.1, 0.15) is 31.4 Å². The van der Waals surface area contributed by atoms with Crippen LogP contribution in [0.15, 0.2) is 48.5 Å². The van der Waals surface area contributed by atoms with Gasteiger partial charge in [-0.15, -0.1) is 0 Å². The molecule has 0 spiro atoms. The van der Waals surface area contributed by atoms with Crippen LogP contribution in [0.3, 0.4) is 0 Å². The molecule has 0 radical (unpaired) electrons. The van der Waals surface area contributed by atoms with Crippen molar-refractivity contribution in [2.24, 2.45) is 5.92 Å². The molecule has 0 aliphatic heterocycles. The minimum atomic E-state index is 0.571. The largest absolute Gasteiger partial charge is 0.489 e. The average molecular weight is 289 g/mol. The molecule has 0 N–H and O–H groups in total. The van der Waals surface area contributed by atoms with Gasteiger partial charge in [0.05, 0.1) is 0 Å². The minimum absolute atomic E-state index is 0.571. The maximum Gasteiger partial charge on any atom is 0.119 e. The molecule has 0 saturated carbocycles. The third-order valence-electron chi connectivity index (χ3n) is 3.52. The van der Waals surface area contributed by atoms with E-state index in [0.717, 1.165) is 28.7 Å². The molecule has 0 fully saturated rings. The summed E-state index contributed by atoms with van der Waals surface area (Å²) in [6.45, 7) is 5.08. The Kier molecular flexibility index (Phi) is 5.49. The smallest absolute Gasteiger partial charge is 0.119 e. The van der Waals surface area contributed by atoms with Crippen molar-refractivity contribution in [3.8, 4) is 5.75 Å². The lowest BCUT2D eigenvalue weighted by molar-refractivity contribution is 0.306. The summed E-state index contributed by atoms with van der Waals surface area (Å²) in [7, 11) is 0. The molecule has 1 atom stereocenters. The summed E-state index contributed by atoms with van der Waals surface area (Å²) < 4.78 is 5.78. The molecule has 2 aromatic carbocycles. The van der Waals surface area contributed by atoms with Crippen LogP contribution < -0.4 is 4.74 Å². The van der Waals surface area contributed by atoms with Crippen LogP contribution in [0, 0.1) is 5.92 Å². The molecular formula is C18H21ClO. The first kappa shape index (κ1) is 14.9. The summed E-state index contributed by atoms with van der Waals surface area (Å²) in [6, 6.07) is 16.2. The number of hydrogen-bond acceptors (Lipinski definition) is 1. The molecule has 0 aliphatic carbocycles. The highest BCUT2D eigenvalue weighted by Crippen LogP contribution is 2.18. The van der Waals surface area contributed by atoms with E-state index < -0.39 is 0 Å². The molecule has 20 heavy (non-hydrogen) atoms. The zero-order valence-corrected chi connectivity index (χ0v) is 12.9. The number of benzene rings is 2. The summed E-state index contributed by atoms with van der Waals surface area (Å²) in [4.78, 5) is 0. The van der Waals surface area contributed by atoms with Gasteiger partial charge in [0.25, 0.3) is 0 Å². The lowest BCUT2D eigenvalue weighted by Crippen LogP contribution is -1.98. The van der Waals surface area contributed by atoms with Gasteiger partial charge in [-0.25, -0.2) is 0 Å². The lowest BCUT2D eigenvalue weighted by atomic mass is 9.99. The summed E-state index contributed by atoms with van der Waals surface area (Å²) in [5, 5.41) is 0.753. The fourth-order valence-corrected chi connectivity index (χ4v) is 2.14. The Bertz CT molecular complexity index is 516. The van der Waals surface area contributed by atoms with E-state index >= 15 is 0 Å². The number of rotatable bonds is 6. The molecular weight excluding hydrogens is 268 g/mol. The lowest BCUT2D eigenvalue weighted by Gasteiger charge is -2.10. The molecule has 1 nitrogen and oxygen atoms in total. The van der Waals surface area contributed by atoms with E-state index in [9.17, 15) is 0 Å². The van der Waals surface area contributed by atoms with Gasteiger partial charge in [0, 0.05) is 5.02 Å². The fourth-order valence-electron chi connectivity index (χ4n) is 2.02. The maximum absolute atomic E-state index is 5.86. The first-order chi connectivity index (χ1) is 9.67. The molecule has 0 aliphatic rings. The highest BCUT2D eigenvalue weighted by Gasteiger charge is 2.02. The Morgan fingerprint density at radius 1 is 0.950 bits per heavy atom. The first-order valence-corrected chi connectivity index (χ1v) is 7.51. The molecule has 2 rings (SSSR count). The van der Waals surface area contributed by atoms with Crippen molar-refractivity contribution in [2.75, 3.05) is 0 Å². The van der Waals surface area contributed by atoms with Crippen LogP contribution in [-0.4, -0.2) is 0 Å². The molecule has 1 unspecified atom stereocenters. The second-order valence-electron chi connectivity index (χ2n) is 5.28. The van der Waals surface area contributed by atoms with Crippen LogP contribution in [0.5, 0.6) is 5.75 Å². The predicted octanol–water partition coefficient (Wildman–Crippen LogP) is 5.51. The van der Waals surface area contributed by atoms with Crippen molar-refractivity contribution in [3.63, 3.8) is 0 Å². The van der Waals surface area contributed by atoms with Gasteiger partial charge in [-0.05, 0) is 47.7 Å². The topological polar surface area (TPSA) is 9.23 Å². The third kappa shape index (κ3) is 4.57. The summed E-state index contributed by atoms with van der Waals surface area (Å²) in [5.41, 5.74) is 2.50. The van der Waals surface area contributed by atoms with Crippen LogP contribution in [0.2, 0.25) is 5.02 Å². The first-order valence-electron chi connectivity index (χ1n) is 7.13. The van der Waals surface area contributed by atoms with Crippen LogP contribution >= 0.6 is 11.6 Å². The van der Waals surface area contributed by atoms with Crippen molar-refractivity contribution in [3.05, 3.63) is 64.7 Å². The summed E-state index contributed by atoms with van der Waals surface area (Å²) in [5.74, 6) is 1.64. The number of hydrogen-bond donors (Lipinski definition) is 0. The van der Waals surface area contributed by atoms with E-state index in [1.54, 1.807) is 0 Å². The Labute approximate surface area is 126 Å². The van der Waals surface area contributed by atoms with Crippen molar-refractivity contribution in [2.45, 2.75) is 33.3 Å². The molecule has 0 aromatic heterocycles. The quantitative estimate of drug-likeness (QED) is 0.681. The SMILES string of the molecule is CCC(C)Cc1ccc(OCc2ccc(Cl)cc2)cc1. The fraction of sp³-hybridized carbons (Fsp3) is 0.333. The Hall–Kier alpha value is -1.47. The highest BCUT2D eigenvalue weighted by molar-refractivity contribution is 6.30. The van der Waals surface area contributed by atoms with E-state index in [-0.39, 0.29) is 0 Å². The molecule has 0 bridgehead atoms. The molecule has 0 saturated heterocycles.